The Kier molecular flexibility index (Phi) is 7.99. The Labute approximate surface area is 237 Å². The summed E-state index contributed by atoms with van der Waals surface area (Å²) >= 11 is 4.76. The van der Waals surface area contributed by atoms with Crippen LogP contribution in [0.4, 0.5) is 0 Å². The number of halogens is 1. The average Bonchev–Trinajstić information content (AvgIpc) is 3.52. The molecule has 2 aromatic heterocycles. The van der Waals surface area contributed by atoms with Crippen molar-refractivity contribution < 1.29 is 18.7 Å². The van der Waals surface area contributed by atoms with E-state index < -0.39 is 12.0 Å². The molecule has 3 heterocycles. The Morgan fingerprint density at radius 3 is 2.72 bits per heavy atom. The predicted octanol–water partition coefficient (Wildman–Crippen LogP) is 5.61. The van der Waals surface area contributed by atoms with E-state index in [2.05, 4.69) is 15.9 Å². The van der Waals surface area contributed by atoms with Gasteiger partial charge in [-0.1, -0.05) is 64.9 Å². The van der Waals surface area contributed by atoms with E-state index in [1.54, 1.807) is 24.7 Å². The molecule has 0 saturated carbocycles. The van der Waals surface area contributed by atoms with E-state index in [0.29, 0.717) is 44.3 Å². The van der Waals surface area contributed by atoms with Crippen molar-refractivity contribution in [1.82, 2.24) is 4.57 Å². The van der Waals surface area contributed by atoms with Gasteiger partial charge in [0.05, 0.1) is 35.6 Å². The first-order valence-electron chi connectivity index (χ1n) is 12.6. The maximum atomic E-state index is 13.9. The van der Waals surface area contributed by atoms with Crippen molar-refractivity contribution in [2.75, 3.05) is 13.7 Å². The molecule has 0 spiro atoms. The third kappa shape index (κ3) is 5.42. The van der Waals surface area contributed by atoms with Crippen molar-refractivity contribution in [1.29, 1.82) is 0 Å². The summed E-state index contributed by atoms with van der Waals surface area (Å²) in [6.07, 6.45) is 3.08. The topological polar surface area (TPSA) is 83.0 Å². The number of fused-ring (bicyclic) bond motifs is 1. The molecular formula is C30H27BrN2O5S. The van der Waals surface area contributed by atoms with Gasteiger partial charge in [0.2, 0.25) is 0 Å². The molecule has 0 saturated heterocycles. The predicted molar refractivity (Wildman–Crippen MR) is 154 cm³/mol. The number of hydrogen-bond donors (Lipinski definition) is 0. The number of nitrogens with zero attached hydrogens (tertiary/aromatic N) is 2. The zero-order valence-electron chi connectivity index (χ0n) is 21.8. The molecule has 7 nitrogen and oxygen atoms in total. The average molecular weight is 608 g/mol. The van der Waals surface area contributed by atoms with Gasteiger partial charge < -0.3 is 13.9 Å². The van der Waals surface area contributed by atoms with Crippen LogP contribution < -0.4 is 19.6 Å². The molecule has 39 heavy (non-hydrogen) atoms. The van der Waals surface area contributed by atoms with E-state index >= 15 is 0 Å². The number of rotatable bonds is 8. The highest BCUT2D eigenvalue weighted by Gasteiger charge is 2.34. The molecule has 9 heteroatoms. The maximum Gasteiger partial charge on any atom is 0.338 e. The van der Waals surface area contributed by atoms with Crippen LogP contribution in [0.2, 0.25) is 0 Å². The fraction of sp³-hybridized carbons (Fsp3) is 0.233. The van der Waals surface area contributed by atoms with E-state index in [0.717, 1.165) is 22.0 Å². The first-order chi connectivity index (χ1) is 18.9. The van der Waals surface area contributed by atoms with Crippen LogP contribution >= 0.6 is 27.3 Å². The summed E-state index contributed by atoms with van der Waals surface area (Å²) in [6, 6.07) is 18.2. The number of carbonyl (C=O) groups is 1. The number of furan rings is 1. The SMILES string of the molecule is CCCC1=C(C(=O)OCC)C(c2cccc(OC)c2)n2c(s/c(=C\c3ccc(-c4cccc(Br)c4)o3)c2=O)=N1. The Morgan fingerprint density at radius 2 is 1.97 bits per heavy atom. The molecule has 0 bridgehead atoms. The number of thiazole rings is 1. The van der Waals surface area contributed by atoms with Crippen molar-refractivity contribution in [2.45, 2.75) is 32.7 Å². The third-order valence-electron chi connectivity index (χ3n) is 6.31. The molecular weight excluding hydrogens is 580 g/mol. The van der Waals surface area contributed by atoms with Crippen LogP contribution in [0, 0.1) is 0 Å². The van der Waals surface area contributed by atoms with Crippen LogP contribution in [0.3, 0.4) is 0 Å². The van der Waals surface area contributed by atoms with Crippen molar-refractivity contribution in [3.05, 3.63) is 107 Å². The lowest BCUT2D eigenvalue weighted by atomic mass is 9.94. The van der Waals surface area contributed by atoms with E-state index in [9.17, 15) is 9.59 Å². The van der Waals surface area contributed by atoms with Gasteiger partial charge >= 0.3 is 5.97 Å². The molecule has 4 aromatic rings. The summed E-state index contributed by atoms with van der Waals surface area (Å²) in [5.41, 5.74) is 2.41. The maximum absolute atomic E-state index is 13.9. The number of allylic oxidation sites excluding steroid dienone is 1. The van der Waals surface area contributed by atoms with Gasteiger partial charge in [-0.15, -0.1) is 0 Å². The van der Waals surface area contributed by atoms with Gasteiger partial charge in [0.15, 0.2) is 4.80 Å². The molecule has 0 amide bonds. The summed E-state index contributed by atoms with van der Waals surface area (Å²) in [6.45, 7) is 4.01. The number of carbonyl (C=O) groups excluding carboxylic acids is 1. The van der Waals surface area contributed by atoms with Gasteiger partial charge in [-0.05, 0) is 55.3 Å². The van der Waals surface area contributed by atoms with Crippen LogP contribution in [0.15, 0.2) is 90.6 Å². The highest BCUT2D eigenvalue weighted by atomic mass is 79.9. The normalized spacial score (nSPS) is 15.2. The van der Waals surface area contributed by atoms with Crippen molar-refractivity contribution in [3.63, 3.8) is 0 Å². The number of aromatic nitrogens is 1. The monoisotopic (exact) mass is 606 g/mol. The zero-order valence-corrected chi connectivity index (χ0v) is 24.2. The van der Waals surface area contributed by atoms with Crippen LogP contribution in [-0.2, 0) is 9.53 Å². The number of methoxy groups -OCH3 is 1. The highest BCUT2D eigenvalue weighted by Crippen LogP contribution is 2.34. The fourth-order valence-corrected chi connectivity index (χ4v) is 6.00. The lowest BCUT2D eigenvalue weighted by Crippen LogP contribution is -2.40. The Bertz CT molecular complexity index is 1750. The lowest BCUT2D eigenvalue weighted by Gasteiger charge is -2.26. The fourth-order valence-electron chi connectivity index (χ4n) is 4.60. The second-order valence-electron chi connectivity index (χ2n) is 8.90. The van der Waals surface area contributed by atoms with Crippen molar-refractivity contribution in [2.24, 2.45) is 4.99 Å². The summed E-state index contributed by atoms with van der Waals surface area (Å²) in [7, 11) is 1.58. The minimum atomic E-state index is -0.701. The molecule has 5 rings (SSSR count). The summed E-state index contributed by atoms with van der Waals surface area (Å²) in [5.74, 6) is 1.39. The van der Waals surface area contributed by atoms with Gasteiger partial charge in [-0.25, -0.2) is 9.79 Å². The van der Waals surface area contributed by atoms with E-state index in [1.165, 1.54) is 11.3 Å². The summed E-state index contributed by atoms with van der Waals surface area (Å²) in [5, 5.41) is 0. The number of esters is 1. The van der Waals surface area contributed by atoms with E-state index in [1.807, 2.05) is 67.6 Å². The molecule has 0 aliphatic carbocycles. The van der Waals surface area contributed by atoms with Crippen LogP contribution in [-0.4, -0.2) is 24.3 Å². The molecule has 0 radical (unpaired) electrons. The van der Waals surface area contributed by atoms with Gasteiger partial charge in [0, 0.05) is 16.1 Å². The smallest absolute Gasteiger partial charge is 0.338 e. The van der Waals surface area contributed by atoms with Crippen LogP contribution in [0.5, 0.6) is 5.75 Å². The second kappa shape index (κ2) is 11.6. The summed E-state index contributed by atoms with van der Waals surface area (Å²) in [4.78, 5) is 32.5. The van der Waals surface area contributed by atoms with Crippen molar-refractivity contribution >= 4 is 39.3 Å². The number of benzene rings is 2. The summed E-state index contributed by atoms with van der Waals surface area (Å²) < 4.78 is 19.9. The molecule has 2 aromatic carbocycles. The van der Waals surface area contributed by atoms with Gasteiger partial charge in [-0.2, -0.15) is 0 Å². The van der Waals surface area contributed by atoms with Crippen molar-refractivity contribution in [3.8, 4) is 17.1 Å². The number of hydrogen-bond acceptors (Lipinski definition) is 7. The third-order valence-corrected chi connectivity index (χ3v) is 7.79. The first kappa shape index (κ1) is 26.9. The Hall–Kier alpha value is -3.69. The van der Waals surface area contributed by atoms with Gasteiger partial charge in [0.25, 0.3) is 5.56 Å². The minimum absolute atomic E-state index is 0.218. The molecule has 1 aliphatic rings. The van der Waals surface area contributed by atoms with Crippen LogP contribution in [0.25, 0.3) is 17.4 Å². The first-order valence-corrected chi connectivity index (χ1v) is 14.3. The Morgan fingerprint density at radius 1 is 1.15 bits per heavy atom. The molecule has 0 fully saturated rings. The molecule has 1 atom stereocenters. The Balaban J connectivity index is 1.68. The minimum Gasteiger partial charge on any atom is -0.497 e. The quantitative estimate of drug-likeness (QED) is 0.243. The van der Waals surface area contributed by atoms with Gasteiger partial charge in [-0.3, -0.25) is 9.36 Å². The molecule has 0 N–H and O–H groups in total. The standard InChI is InChI=1S/C30H27BrN2O5S/c1-4-8-23-26(29(35)37-5-2)27(19-10-7-12-21(16-19)36-3)33-28(34)25(39-30(33)32-23)17-22-13-14-24(38-22)18-9-6-11-20(31)15-18/h6-7,9-17,27H,4-5,8H2,1-3H3/b25-17-. The highest BCUT2D eigenvalue weighted by molar-refractivity contribution is 9.10. The lowest BCUT2D eigenvalue weighted by molar-refractivity contribution is -0.139. The largest absolute Gasteiger partial charge is 0.497 e. The van der Waals surface area contributed by atoms with Gasteiger partial charge in [0.1, 0.15) is 17.3 Å². The molecule has 1 unspecified atom stereocenters. The molecule has 200 valence electrons. The van der Waals surface area contributed by atoms with E-state index in [4.69, 9.17) is 18.9 Å². The number of ether oxygens (including phenoxy) is 2. The molecule has 1 aliphatic heterocycles. The van der Waals surface area contributed by atoms with E-state index in [-0.39, 0.29) is 12.2 Å². The second-order valence-corrected chi connectivity index (χ2v) is 10.8. The van der Waals surface area contributed by atoms with Crippen LogP contribution in [0.1, 0.15) is 44.1 Å². The zero-order chi connectivity index (χ0) is 27.5.